The van der Waals surface area contributed by atoms with Gasteiger partial charge in [-0.2, -0.15) is 0 Å². The molecular formula is C17H32N2O. The Kier molecular flexibility index (Phi) is 5.88. The van der Waals surface area contributed by atoms with E-state index in [2.05, 4.69) is 24.1 Å². The lowest BCUT2D eigenvalue weighted by atomic mass is 9.74. The molecule has 0 bridgehead atoms. The van der Waals surface area contributed by atoms with Crippen LogP contribution in [0.4, 0.5) is 0 Å². The van der Waals surface area contributed by atoms with Gasteiger partial charge in [-0.1, -0.05) is 26.7 Å². The summed E-state index contributed by atoms with van der Waals surface area (Å²) in [5.74, 6) is 1.12. The van der Waals surface area contributed by atoms with E-state index in [-0.39, 0.29) is 0 Å². The highest BCUT2D eigenvalue weighted by atomic mass is 16.2. The Morgan fingerprint density at radius 3 is 2.50 bits per heavy atom. The molecule has 2 heterocycles. The maximum absolute atomic E-state index is 12.3. The van der Waals surface area contributed by atoms with E-state index in [1.54, 1.807) is 0 Å². The zero-order valence-corrected chi connectivity index (χ0v) is 13.4. The lowest BCUT2D eigenvalue weighted by Crippen LogP contribution is -2.43. The van der Waals surface area contributed by atoms with Crippen molar-refractivity contribution >= 4 is 5.91 Å². The molecule has 116 valence electrons. The number of hydrogen-bond acceptors (Lipinski definition) is 2. The van der Waals surface area contributed by atoms with Gasteiger partial charge < -0.3 is 10.2 Å². The Hall–Kier alpha value is -0.570. The van der Waals surface area contributed by atoms with E-state index < -0.39 is 0 Å². The van der Waals surface area contributed by atoms with Gasteiger partial charge in [0.1, 0.15) is 0 Å². The Labute approximate surface area is 124 Å². The second-order valence-corrected chi connectivity index (χ2v) is 6.84. The summed E-state index contributed by atoms with van der Waals surface area (Å²) >= 11 is 0. The minimum Gasteiger partial charge on any atom is -0.343 e. The van der Waals surface area contributed by atoms with Crippen LogP contribution in [0.1, 0.15) is 65.2 Å². The van der Waals surface area contributed by atoms with Gasteiger partial charge in [0, 0.05) is 19.5 Å². The van der Waals surface area contributed by atoms with Gasteiger partial charge in [-0.25, -0.2) is 0 Å². The highest BCUT2D eigenvalue weighted by Gasteiger charge is 2.32. The quantitative estimate of drug-likeness (QED) is 0.839. The first-order chi connectivity index (χ1) is 9.69. The first-order valence-corrected chi connectivity index (χ1v) is 8.67. The molecule has 1 atom stereocenters. The van der Waals surface area contributed by atoms with Crippen molar-refractivity contribution in [2.45, 2.75) is 65.2 Å². The highest BCUT2D eigenvalue weighted by Crippen LogP contribution is 2.38. The number of hydrogen-bond donors (Lipinski definition) is 1. The summed E-state index contributed by atoms with van der Waals surface area (Å²) in [7, 11) is 0. The Morgan fingerprint density at radius 1 is 1.25 bits per heavy atom. The molecule has 0 aromatic carbocycles. The summed E-state index contributed by atoms with van der Waals surface area (Å²) in [5, 5.41) is 3.44. The van der Waals surface area contributed by atoms with Crippen molar-refractivity contribution in [3.63, 3.8) is 0 Å². The molecule has 2 aliphatic rings. The van der Waals surface area contributed by atoms with Crippen molar-refractivity contribution in [2.24, 2.45) is 11.3 Å². The number of rotatable bonds is 5. The van der Waals surface area contributed by atoms with Gasteiger partial charge in [0.2, 0.25) is 5.91 Å². The Bertz CT molecular complexity index is 296. The predicted molar refractivity (Wildman–Crippen MR) is 83.7 cm³/mol. The van der Waals surface area contributed by atoms with Gasteiger partial charge >= 0.3 is 0 Å². The third-order valence-electron chi connectivity index (χ3n) is 5.84. The molecule has 1 N–H and O–H groups in total. The van der Waals surface area contributed by atoms with Crippen molar-refractivity contribution in [1.82, 2.24) is 10.2 Å². The minimum absolute atomic E-state index is 0.399. The van der Waals surface area contributed by atoms with Crippen molar-refractivity contribution in [3.8, 4) is 0 Å². The average molecular weight is 280 g/mol. The average Bonchev–Trinajstić information content (AvgIpc) is 2.53. The van der Waals surface area contributed by atoms with Crippen LogP contribution in [0.15, 0.2) is 0 Å². The number of carbonyl (C=O) groups is 1. The van der Waals surface area contributed by atoms with E-state index in [0.717, 1.165) is 44.9 Å². The van der Waals surface area contributed by atoms with Gasteiger partial charge in [-0.05, 0) is 56.5 Å². The SMILES string of the molecule is CCC1(CC)CCN(C(=O)CCC2CCCNC2)CC1. The van der Waals surface area contributed by atoms with E-state index in [9.17, 15) is 4.79 Å². The fourth-order valence-corrected chi connectivity index (χ4v) is 3.84. The van der Waals surface area contributed by atoms with Crippen LogP contribution in [-0.4, -0.2) is 37.0 Å². The molecule has 0 saturated carbocycles. The molecule has 20 heavy (non-hydrogen) atoms. The Morgan fingerprint density at radius 2 is 1.95 bits per heavy atom. The molecule has 1 unspecified atom stereocenters. The predicted octanol–water partition coefficient (Wildman–Crippen LogP) is 3.20. The molecular weight excluding hydrogens is 248 g/mol. The lowest BCUT2D eigenvalue weighted by Gasteiger charge is -2.41. The highest BCUT2D eigenvalue weighted by molar-refractivity contribution is 5.76. The molecule has 0 aliphatic carbocycles. The zero-order valence-electron chi connectivity index (χ0n) is 13.4. The maximum atomic E-state index is 12.3. The van der Waals surface area contributed by atoms with E-state index in [1.807, 2.05) is 0 Å². The topological polar surface area (TPSA) is 32.3 Å². The second kappa shape index (κ2) is 7.44. The first-order valence-electron chi connectivity index (χ1n) is 8.67. The molecule has 3 nitrogen and oxygen atoms in total. The normalized spacial score (nSPS) is 26.5. The van der Waals surface area contributed by atoms with Crippen LogP contribution in [0.3, 0.4) is 0 Å². The van der Waals surface area contributed by atoms with E-state index >= 15 is 0 Å². The van der Waals surface area contributed by atoms with Gasteiger partial charge in [-0.3, -0.25) is 4.79 Å². The van der Waals surface area contributed by atoms with Gasteiger partial charge in [0.25, 0.3) is 0 Å². The fraction of sp³-hybridized carbons (Fsp3) is 0.941. The maximum Gasteiger partial charge on any atom is 0.222 e. The molecule has 0 spiro atoms. The minimum atomic E-state index is 0.399. The van der Waals surface area contributed by atoms with Crippen LogP contribution in [0.2, 0.25) is 0 Å². The van der Waals surface area contributed by atoms with Crippen LogP contribution in [-0.2, 0) is 4.79 Å². The summed E-state index contributed by atoms with van der Waals surface area (Å²) in [4.78, 5) is 14.5. The Balaban J connectivity index is 1.71. The van der Waals surface area contributed by atoms with Crippen LogP contribution in [0.5, 0.6) is 0 Å². The lowest BCUT2D eigenvalue weighted by molar-refractivity contribution is -0.134. The fourth-order valence-electron chi connectivity index (χ4n) is 3.84. The largest absolute Gasteiger partial charge is 0.343 e. The number of nitrogens with zero attached hydrogens (tertiary/aromatic N) is 1. The molecule has 3 heteroatoms. The van der Waals surface area contributed by atoms with E-state index in [0.29, 0.717) is 11.3 Å². The van der Waals surface area contributed by atoms with Crippen molar-refractivity contribution in [2.75, 3.05) is 26.2 Å². The first kappa shape index (κ1) is 15.8. The summed E-state index contributed by atoms with van der Waals surface area (Å²) in [6, 6.07) is 0. The molecule has 0 aromatic heterocycles. The standard InChI is InChI=1S/C17H32N2O/c1-3-17(4-2)9-12-19(13-10-17)16(20)8-7-15-6-5-11-18-14-15/h15,18H,3-14H2,1-2H3. The smallest absolute Gasteiger partial charge is 0.222 e. The number of likely N-dealkylation sites (tertiary alicyclic amines) is 1. The van der Waals surface area contributed by atoms with Crippen molar-refractivity contribution < 1.29 is 4.79 Å². The van der Waals surface area contributed by atoms with Crippen LogP contribution in [0, 0.1) is 11.3 Å². The number of nitrogens with one attached hydrogen (secondary N) is 1. The summed E-state index contributed by atoms with van der Waals surface area (Å²) in [5.41, 5.74) is 0.518. The molecule has 0 aromatic rings. The van der Waals surface area contributed by atoms with Crippen LogP contribution in [0.25, 0.3) is 0 Å². The second-order valence-electron chi connectivity index (χ2n) is 6.84. The molecule has 0 radical (unpaired) electrons. The van der Waals surface area contributed by atoms with Gasteiger partial charge in [-0.15, -0.1) is 0 Å². The van der Waals surface area contributed by atoms with E-state index in [4.69, 9.17) is 0 Å². The van der Waals surface area contributed by atoms with Gasteiger partial charge in [0.15, 0.2) is 0 Å². The van der Waals surface area contributed by atoms with Crippen molar-refractivity contribution in [3.05, 3.63) is 0 Å². The third kappa shape index (κ3) is 3.97. The number of piperidine rings is 2. The van der Waals surface area contributed by atoms with Crippen molar-refractivity contribution in [1.29, 1.82) is 0 Å². The summed E-state index contributed by atoms with van der Waals surface area (Å²) in [6.07, 6.45) is 9.35. The number of carbonyl (C=O) groups excluding carboxylic acids is 1. The number of amides is 1. The van der Waals surface area contributed by atoms with Gasteiger partial charge in [0.05, 0.1) is 0 Å². The summed E-state index contributed by atoms with van der Waals surface area (Å²) < 4.78 is 0. The molecule has 2 fully saturated rings. The zero-order chi connectivity index (χ0) is 14.4. The molecule has 2 saturated heterocycles. The summed E-state index contributed by atoms with van der Waals surface area (Å²) in [6.45, 7) is 8.86. The van der Waals surface area contributed by atoms with Crippen LogP contribution >= 0.6 is 0 Å². The van der Waals surface area contributed by atoms with E-state index in [1.165, 1.54) is 38.5 Å². The third-order valence-corrected chi connectivity index (χ3v) is 5.84. The monoisotopic (exact) mass is 280 g/mol. The molecule has 1 amide bonds. The van der Waals surface area contributed by atoms with Crippen LogP contribution < -0.4 is 5.32 Å². The molecule has 2 rings (SSSR count). The molecule has 2 aliphatic heterocycles.